The number of aryl methyl sites for hydroxylation is 4. The first-order chi connectivity index (χ1) is 8.25. The molecule has 0 N–H and O–H groups in total. The van der Waals surface area contributed by atoms with E-state index >= 15 is 0 Å². The molecule has 0 aliphatic carbocycles. The molecule has 0 atom stereocenters. The molecule has 0 aliphatic rings. The van der Waals surface area contributed by atoms with E-state index in [-0.39, 0.29) is 0 Å². The predicted octanol–water partition coefficient (Wildman–Crippen LogP) is 2.69. The van der Waals surface area contributed by atoms with E-state index in [1.807, 2.05) is 37.3 Å². The van der Waals surface area contributed by atoms with Crippen LogP contribution >= 0.6 is 0 Å². The molecule has 0 amide bonds. The monoisotopic (exact) mass is 248 g/mol. The van der Waals surface area contributed by atoms with Gasteiger partial charge in [0.2, 0.25) is 0 Å². The highest BCUT2D eigenvalue weighted by Crippen LogP contribution is 2.08. The zero-order valence-corrected chi connectivity index (χ0v) is 12.8. The summed E-state index contributed by atoms with van der Waals surface area (Å²) >= 11 is 0. The fourth-order valence-corrected chi connectivity index (χ4v) is 1.76. The van der Waals surface area contributed by atoms with Crippen LogP contribution in [0.2, 0.25) is 0 Å². The van der Waals surface area contributed by atoms with Gasteiger partial charge in [-0.25, -0.2) is 0 Å². The summed E-state index contributed by atoms with van der Waals surface area (Å²) < 4.78 is 3.81. The standard InChI is InChI=1S/2C7H12N2/c2*1-5-6(2)8-9(4)7(5)3/h2*1-4H3. The molecule has 4 nitrogen and oxygen atoms in total. The first kappa shape index (κ1) is 14.5. The largest absolute Gasteiger partial charge is 0.272 e. The second-order valence-corrected chi connectivity index (χ2v) is 4.84. The Balaban J connectivity index is 0.000000180. The summed E-state index contributed by atoms with van der Waals surface area (Å²) in [7, 11) is 3.94. The van der Waals surface area contributed by atoms with Crippen molar-refractivity contribution in [2.24, 2.45) is 14.1 Å². The highest BCUT2D eigenvalue weighted by atomic mass is 15.3. The summed E-state index contributed by atoms with van der Waals surface area (Å²) in [4.78, 5) is 0. The number of hydrogen-bond donors (Lipinski definition) is 0. The average Bonchev–Trinajstić information content (AvgIpc) is 2.66. The lowest BCUT2D eigenvalue weighted by Crippen LogP contribution is -1.92. The van der Waals surface area contributed by atoms with Crippen molar-refractivity contribution < 1.29 is 0 Å². The third-order valence-electron chi connectivity index (χ3n) is 3.74. The Morgan fingerprint density at radius 1 is 0.611 bits per heavy atom. The highest BCUT2D eigenvalue weighted by molar-refractivity contribution is 5.22. The molecular weight excluding hydrogens is 224 g/mol. The fraction of sp³-hybridized carbons (Fsp3) is 0.571. The van der Waals surface area contributed by atoms with Crippen LogP contribution in [-0.2, 0) is 14.1 Å². The van der Waals surface area contributed by atoms with Gasteiger partial charge in [0.25, 0.3) is 0 Å². The van der Waals surface area contributed by atoms with Crippen molar-refractivity contribution in [3.63, 3.8) is 0 Å². The topological polar surface area (TPSA) is 35.6 Å². The molecule has 0 spiro atoms. The van der Waals surface area contributed by atoms with Crippen LogP contribution in [0.25, 0.3) is 0 Å². The molecule has 0 unspecified atom stereocenters. The van der Waals surface area contributed by atoms with Crippen LogP contribution in [-0.4, -0.2) is 19.6 Å². The van der Waals surface area contributed by atoms with Crippen molar-refractivity contribution in [2.45, 2.75) is 41.5 Å². The van der Waals surface area contributed by atoms with E-state index in [2.05, 4.69) is 37.9 Å². The maximum absolute atomic E-state index is 4.23. The molecule has 0 bridgehead atoms. The lowest BCUT2D eigenvalue weighted by molar-refractivity contribution is 0.730. The van der Waals surface area contributed by atoms with Gasteiger partial charge in [-0.15, -0.1) is 0 Å². The molecule has 0 radical (unpaired) electrons. The first-order valence-corrected chi connectivity index (χ1v) is 6.19. The van der Waals surface area contributed by atoms with Gasteiger partial charge in [0, 0.05) is 25.5 Å². The van der Waals surface area contributed by atoms with E-state index < -0.39 is 0 Å². The molecule has 2 heterocycles. The number of aromatic nitrogens is 4. The lowest BCUT2D eigenvalue weighted by atomic mass is 10.2. The molecule has 2 aromatic rings. The summed E-state index contributed by atoms with van der Waals surface area (Å²) in [5.41, 5.74) is 7.39. The molecule has 18 heavy (non-hydrogen) atoms. The van der Waals surface area contributed by atoms with E-state index in [0.717, 1.165) is 11.4 Å². The first-order valence-electron chi connectivity index (χ1n) is 6.19. The minimum Gasteiger partial charge on any atom is -0.272 e. The Bertz CT molecular complexity index is 451. The second kappa shape index (κ2) is 5.38. The minimum atomic E-state index is 1.13. The molecule has 4 heteroatoms. The number of nitrogens with zero attached hydrogens (tertiary/aromatic N) is 4. The molecule has 0 saturated carbocycles. The van der Waals surface area contributed by atoms with Gasteiger partial charge < -0.3 is 0 Å². The summed E-state index contributed by atoms with van der Waals surface area (Å²) in [5.74, 6) is 0. The van der Waals surface area contributed by atoms with Gasteiger partial charge in [-0.05, 0) is 52.7 Å². The zero-order chi connectivity index (χ0) is 14.0. The van der Waals surface area contributed by atoms with Crippen LogP contribution in [0.15, 0.2) is 0 Å². The van der Waals surface area contributed by atoms with E-state index in [1.165, 1.54) is 22.5 Å². The molecular formula is C14H24N4. The van der Waals surface area contributed by atoms with Gasteiger partial charge in [0.15, 0.2) is 0 Å². The van der Waals surface area contributed by atoms with Gasteiger partial charge in [-0.1, -0.05) is 0 Å². The maximum atomic E-state index is 4.23. The molecule has 0 aliphatic heterocycles. The van der Waals surface area contributed by atoms with Crippen LogP contribution in [0, 0.1) is 41.5 Å². The van der Waals surface area contributed by atoms with Gasteiger partial charge in [0.1, 0.15) is 0 Å². The molecule has 0 saturated heterocycles. The van der Waals surface area contributed by atoms with Crippen LogP contribution in [0.4, 0.5) is 0 Å². The Labute approximate surface area is 110 Å². The normalized spacial score (nSPS) is 10.2. The summed E-state index contributed by atoms with van der Waals surface area (Å²) in [6.07, 6.45) is 0. The molecule has 0 fully saturated rings. The zero-order valence-electron chi connectivity index (χ0n) is 12.8. The van der Waals surface area contributed by atoms with Crippen molar-refractivity contribution in [3.05, 3.63) is 33.9 Å². The van der Waals surface area contributed by atoms with Crippen LogP contribution in [0.3, 0.4) is 0 Å². The molecule has 0 aromatic carbocycles. The second-order valence-electron chi connectivity index (χ2n) is 4.84. The molecule has 2 rings (SSSR count). The minimum absolute atomic E-state index is 1.13. The van der Waals surface area contributed by atoms with Gasteiger partial charge in [-0.3, -0.25) is 9.36 Å². The van der Waals surface area contributed by atoms with Crippen LogP contribution in [0.5, 0.6) is 0 Å². The van der Waals surface area contributed by atoms with E-state index in [0.29, 0.717) is 0 Å². The van der Waals surface area contributed by atoms with Gasteiger partial charge in [0.05, 0.1) is 11.4 Å². The Morgan fingerprint density at radius 2 is 0.889 bits per heavy atom. The Hall–Kier alpha value is -1.58. The third kappa shape index (κ3) is 2.81. The van der Waals surface area contributed by atoms with Crippen molar-refractivity contribution in [3.8, 4) is 0 Å². The van der Waals surface area contributed by atoms with Crippen molar-refractivity contribution >= 4 is 0 Å². The maximum Gasteiger partial charge on any atom is 0.0625 e. The third-order valence-corrected chi connectivity index (χ3v) is 3.74. The van der Waals surface area contributed by atoms with Crippen molar-refractivity contribution in [1.29, 1.82) is 0 Å². The van der Waals surface area contributed by atoms with Gasteiger partial charge in [-0.2, -0.15) is 10.2 Å². The van der Waals surface area contributed by atoms with Crippen LogP contribution in [0.1, 0.15) is 33.9 Å². The quantitative estimate of drug-likeness (QED) is 0.718. The summed E-state index contributed by atoms with van der Waals surface area (Å²) in [5, 5.41) is 8.45. The van der Waals surface area contributed by atoms with E-state index in [4.69, 9.17) is 0 Å². The Morgan fingerprint density at radius 3 is 0.944 bits per heavy atom. The molecule has 2 aromatic heterocycles. The fourth-order valence-electron chi connectivity index (χ4n) is 1.76. The SMILES string of the molecule is Cc1nn(C)c(C)c1C.Cc1nn(C)c(C)c1C. The van der Waals surface area contributed by atoms with Crippen molar-refractivity contribution in [2.75, 3.05) is 0 Å². The average molecular weight is 248 g/mol. The smallest absolute Gasteiger partial charge is 0.0625 e. The highest BCUT2D eigenvalue weighted by Gasteiger charge is 2.02. The number of rotatable bonds is 0. The lowest BCUT2D eigenvalue weighted by Gasteiger charge is -1.90. The van der Waals surface area contributed by atoms with Crippen molar-refractivity contribution in [1.82, 2.24) is 19.6 Å². The van der Waals surface area contributed by atoms with E-state index in [1.54, 1.807) is 0 Å². The number of hydrogen-bond acceptors (Lipinski definition) is 2. The van der Waals surface area contributed by atoms with Gasteiger partial charge >= 0.3 is 0 Å². The van der Waals surface area contributed by atoms with Crippen LogP contribution < -0.4 is 0 Å². The summed E-state index contributed by atoms with van der Waals surface area (Å²) in [6.45, 7) is 12.4. The molecule has 100 valence electrons. The predicted molar refractivity (Wildman–Crippen MR) is 74.8 cm³/mol. The summed E-state index contributed by atoms with van der Waals surface area (Å²) in [6, 6.07) is 0. The Kier molecular flexibility index (Phi) is 4.33. The van der Waals surface area contributed by atoms with E-state index in [9.17, 15) is 0 Å².